The molecule has 1 rings (SSSR count). The van der Waals surface area contributed by atoms with Crippen molar-refractivity contribution in [1.29, 1.82) is 0 Å². The molecular weight excluding hydrogens is 286 g/mol. The van der Waals surface area contributed by atoms with Gasteiger partial charge in [0, 0.05) is 17.3 Å². The second-order valence-corrected chi connectivity index (χ2v) is 8.73. The smallest absolute Gasteiger partial charge is 0.128 e. The first kappa shape index (κ1) is 19.7. The first-order valence-electron chi connectivity index (χ1n) is 8.40. The average molecular weight is 319 g/mol. The number of hydrogen-bond acceptors (Lipinski definition) is 3. The van der Waals surface area contributed by atoms with Crippen molar-refractivity contribution in [2.75, 3.05) is 6.61 Å². The standard InChI is InChI=1S/C20H33NO2/c1-13(2)17(12-22)21-11-14-9-15(19(3,4)5)10-16(18(14)23)20(6,7)8/h9-11,13,17,22-23H,12H2,1-8H3/t17-/m0/s1. The summed E-state index contributed by atoms with van der Waals surface area (Å²) in [4.78, 5) is 4.48. The number of aliphatic hydroxyl groups excluding tert-OH is 1. The van der Waals surface area contributed by atoms with E-state index in [0.29, 0.717) is 0 Å². The van der Waals surface area contributed by atoms with Gasteiger partial charge in [-0.15, -0.1) is 0 Å². The summed E-state index contributed by atoms with van der Waals surface area (Å²) in [6, 6.07) is 3.95. The van der Waals surface area contributed by atoms with Crippen LogP contribution in [0.3, 0.4) is 0 Å². The van der Waals surface area contributed by atoms with Crippen LogP contribution in [0.15, 0.2) is 17.1 Å². The molecule has 3 heteroatoms. The molecule has 23 heavy (non-hydrogen) atoms. The molecule has 0 aliphatic rings. The lowest BCUT2D eigenvalue weighted by atomic mass is 9.79. The number of aliphatic imine (C=N–C) groups is 1. The Kier molecular flexibility index (Phi) is 6.03. The Morgan fingerprint density at radius 3 is 2.00 bits per heavy atom. The van der Waals surface area contributed by atoms with Crippen LogP contribution in [-0.4, -0.2) is 29.1 Å². The zero-order valence-electron chi connectivity index (χ0n) is 15.9. The molecule has 3 nitrogen and oxygen atoms in total. The van der Waals surface area contributed by atoms with Crippen LogP contribution in [0.25, 0.3) is 0 Å². The maximum absolute atomic E-state index is 10.7. The molecule has 0 radical (unpaired) electrons. The van der Waals surface area contributed by atoms with E-state index >= 15 is 0 Å². The summed E-state index contributed by atoms with van der Waals surface area (Å²) < 4.78 is 0. The maximum atomic E-state index is 10.7. The first-order valence-corrected chi connectivity index (χ1v) is 8.40. The molecule has 0 aliphatic heterocycles. The summed E-state index contributed by atoms with van der Waals surface area (Å²) in [6.07, 6.45) is 1.71. The van der Waals surface area contributed by atoms with Crippen molar-refractivity contribution < 1.29 is 10.2 Å². The van der Waals surface area contributed by atoms with E-state index in [0.717, 1.165) is 11.1 Å². The molecule has 1 aromatic carbocycles. The van der Waals surface area contributed by atoms with Gasteiger partial charge in [-0.2, -0.15) is 0 Å². The summed E-state index contributed by atoms with van der Waals surface area (Å²) in [6.45, 7) is 16.9. The number of aliphatic hydroxyl groups is 1. The Balaban J connectivity index is 3.44. The number of rotatable bonds is 4. The molecule has 0 aromatic heterocycles. The van der Waals surface area contributed by atoms with Crippen LogP contribution in [0, 0.1) is 5.92 Å². The first-order chi connectivity index (χ1) is 10.4. The van der Waals surface area contributed by atoms with Crippen molar-refractivity contribution in [3.05, 3.63) is 28.8 Å². The summed E-state index contributed by atoms with van der Waals surface area (Å²) >= 11 is 0. The van der Waals surface area contributed by atoms with E-state index in [2.05, 4.69) is 52.6 Å². The minimum absolute atomic E-state index is 0.00921. The third kappa shape index (κ3) is 5.07. The van der Waals surface area contributed by atoms with E-state index in [-0.39, 0.29) is 35.1 Å². The molecule has 0 fully saturated rings. The van der Waals surface area contributed by atoms with Gasteiger partial charge < -0.3 is 10.2 Å². The number of benzene rings is 1. The number of phenolic OH excluding ortho intramolecular Hbond substituents is 1. The predicted molar refractivity (Wildman–Crippen MR) is 98.8 cm³/mol. The lowest BCUT2D eigenvalue weighted by Crippen LogP contribution is -2.19. The molecule has 0 heterocycles. The van der Waals surface area contributed by atoms with E-state index in [4.69, 9.17) is 0 Å². The van der Waals surface area contributed by atoms with E-state index in [9.17, 15) is 10.2 Å². The number of hydrogen-bond donors (Lipinski definition) is 2. The minimum atomic E-state index is -0.150. The van der Waals surface area contributed by atoms with Crippen molar-refractivity contribution in [3.8, 4) is 5.75 Å². The van der Waals surface area contributed by atoms with Gasteiger partial charge in [-0.05, 0) is 28.4 Å². The Morgan fingerprint density at radius 2 is 1.61 bits per heavy atom. The molecule has 0 aliphatic carbocycles. The van der Waals surface area contributed by atoms with Crippen LogP contribution >= 0.6 is 0 Å². The summed E-state index contributed by atoms with van der Waals surface area (Å²) in [7, 11) is 0. The third-order valence-corrected chi connectivity index (χ3v) is 4.18. The molecule has 0 amide bonds. The maximum Gasteiger partial charge on any atom is 0.128 e. The second kappa shape index (κ2) is 7.04. The van der Waals surface area contributed by atoms with Gasteiger partial charge in [0.2, 0.25) is 0 Å². The van der Waals surface area contributed by atoms with Gasteiger partial charge in [0.15, 0.2) is 0 Å². The summed E-state index contributed by atoms with van der Waals surface area (Å²) in [5.74, 6) is 0.543. The summed E-state index contributed by atoms with van der Waals surface area (Å²) in [5.41, 5.74) is 2.66. The largest absolute Gasteiger partial charge is 0.507 e. The fraction of sp³-hybridized carbons (Fsp3) is 0.650. The molecule has 0 spiro atoms. The Hall–Kier alpha value is -1.35. The molecule has 0 saturated heterocycles. The van der Waals surface area contributed by atoms with Crippen LogP contribution in [-0.2, 0) is 10.8 Å². The molecule has 130 valence electrons. The number of phenols is 1. The fourth-order valence-corrected chi connectivity index (χ4v) is 2.37. The number of aromatic hydroxyl groups is 1. The van der Waals surface area contributed by atoms with Crippen molar-refractivity contribution in [2.45, 2.75) is 72.3 Å². The van der Waals surface area contributed by atoms with Gasteiger partial charge in [-0.3, -0.25) is 4.99 Å². The summed E-state index contributed by atoms with van der Waals surface area (Å²) in [5, 5.41) is 20.1. The molecule has 0 unspecified atom stereocenters. The topological polar surface area (TPSA) is 52.8 Å². The van der Waals surface area contributed by atoms with Crippen molar-refractivity contribution in [2.24, 2.45) is 10.9 Å². The van der Waals surface area contributed by atoms with E-state index < -0.39 is 0 Å². The molecular formula is C20H33NO2. The van der Waals surface area contributed by atoms with Gasteiger partial charge in [0.1, 0.15) is 5.75 Å². The normalized spacial score (nSPS) is 14.7. The molecule has 2 N–H and O–H groups in total. The van der Waals surface area contributed by atoms with Gasteiger partial charge >= 0.3 is 0 Å². The Morgan fingerprint density at radius 1 is 1.04 bits per heavy atom. The zero-order chi connectivity index (χ0) is 18.0. The Bertz CT molecular complexity index is 560. The fourth-order valence-electron chi connectivity index (χ4n) is 2.37. The number of nitrogens with zero attached hydrogens (tertiary/aromatic N) is 1. The van der Waals surface area contributed by atoms with Crippen molar-refractivity contribution in [1.82, 2.24) is 0 Å². The molecule has 0 bridgehead atoms. The van der Waals surface area contributed by atoms with Crippen molar-refractivity contribution >= 4 is 6.21 Å². The van der Waals surface area contributed by atoms with Gasteiger partial charge in [-0.1, -0.05) is 61.5 Å². The Labute approximate surface area is 141 Å². The highest BCUT2D eigenvalue weighted by Crippen LogP contribution is 2.37. The van der Waals surface area contributed by atoms with E-state index in [1.165, 1.54) is 5.56 Å². The van der Waals surface area contributed by atoms with Crippen LogP contribution in [0.2, 0.25) is 0 Å². The average Bonchev–Trinajstić information content (AvgIpc) is 2.37. The lowest BCUT2D eigenvalue weighted by molar-refractivity contribution is 0.240. The van der Waals surface area contributed by atoms with Crippen LogP contribution < -0.4 is 0 Å². The highest BCUT2D eigenvalue weighted by atomic mass is 16.3. The molecule has 0 saturated carbocycles. The predicted octanol–water partition coefficient (Wildman–Crippen LogP) is 4.42. The second-order valence-electron chi connectivity index (χ2n) is 8.73. The van der Waals surface area contributed by atoms with Crippen molar-refractivity contribution in [3.63, 3.8) is 0 Å². The van der Waals surface area contributed by atoms with Gasteiger partial charge in [-0.25, -0.2) is 0 Å². The van der Waals surface area contributed by atoms with Crippen LogP contribution in [0.1, 0.15) is 72.1 Å². The highest BCUT2D eigenvalue weighted by molar-refractivity contribution is 5.85. The van der Waals surface area contributed by atoms with Gasteiger partial charge in [0.25, 0.3) is 0 Å². The van der Waals surface area contributed by atoms with Crippen LogP contribution in [0.5, 0.6) is 5.75 Å². The molecule has 1 atom stereocenters. The zero-order valence-corrected chi connectivity index (χ0v) is 15.9. The monoisotopic (exact) mass is 319 g/mol. The highest BCUT2D eigenvalue weighted by Gasteiger charge is 2.24. The van der Waals surface area contributed by atoms with Crippen LogP contribution in [0.4, 0.5) is 0 Å². The van der Waals surface area contributed by atoms with E-state index in [1.807, 2.05) is 19.9 Å². The minimum Gasteiger partial charge on any atom is -0.507 e. The SMILES string of the molecule is CC(C)[C@H](CO)N=Cc1cc(C(C)(C)C)cc(C(C)(C)C)c1O. The van der Waals surface area contributed by atoms with Gasteiger partial charge in [0.05, 0.1) is 12.6 Å². The quantitative estimate of drug-likeness (QED) is 0.807. The lowest BCUT2D eigenvalue weighted by Gasteiger charge is -2.27. The van der Waals surface area contributed by atoms with E-state index in [1.54, 1.807) is 6.21 Å². The molecule has 1 aromatic rings. The third-order valence-electron chi connectivity index (χ3n) is 4.18.